The SMILES string of the molecule is COc1cc(C)nc(NC(=O)NS(=O)(=O)c2c(Br)nc3ccccn23)n1. The summed E-state index contributed by atoms with van der Waals surface area (Å²) in [5.41, 5.74) is 0.950. The zero-order chi connectivity index (χ0) is 18.9. The number of halogens is 1. The molecule has 3 aromatic heterocycles. The molecule has 0 atom stereocenters. The molecule has 0 aliphatic carbocycles. The first kappa shape index (κ1) is 18.1. The van der Waals surface area contributed by atoms with Gasteiger partial charge in [-0.05, 0) is 35.0 Å². The van der Waals surface area contributed by atoms with E-state index in [0.717, 1.165) is 0 Å². The molecule has 0 aromatic carbocycles. The lowest BCUT2D eigenvalue weighted by Gasteiger charge is -2.09. The number of carbonyl (C=O) groups excluding carboxylic acids is 1. The van der Waals surface area contributed by atoms with Crippen molar-refractivity contribution in [2.75, 3.05) is 12.4 Å². The average Bonchev–Trinajstić information content (AvgIpc) is 2.89. The van der Waals surface area contributed by atoms with E-state index in [9.17, 15) is 13.2 Å². The summed E-state index contributed by atoms with van der Waals surface area (Å²) in [6.07, 6.45) is 1.52. The molecule has 12 heteroatoms. The first-order chi connectivity index (χ1) is 12.3. The molecule has 0 saturated carbocycles. The number of fused-ring (bicyclic) bond motifs is 1. The van der Waals surface area contributed by atoms with Crippen molar-refractivity contribution in [3.63, 3.8) is 0 Å². The van der Waals surface area contributed by atoms with Crippen molar-refractivity contribution in [3.05, 3.63) is 40.8 Å². The molecule has 0 spiro atoms. The summed E-state index contributed by atoms with van der Waals surface area (Å²) in [4.78, 5) is 24.1. The van der Waals surface area contributed by atoms with Crippen LogP contribution in [0, 0.1) is 6.92 Å². The van der Waals surface area contributed by atoms with E-state index in [1.54, 1.807) is 31.2 Å². The average molecular weight is 441 g/mol. The number of hydrogen-bond donors (Lipinski definition) is 2. The molecule has 0 unspecified atom stereocenters. The summed E-state index contributed by atoms with van der Waals surface area (Å²) in [6, 6.07) is 5.54. The van der Waals surface area contributed by atoms with E-state index in [2.05, 4.69) is 36.2 Å². The quantitative estimate of drug-likeness (QED) is 0.631. The monoisotopic (exact) mass is 440 g/mol. The normalized spacial score (nSPS) is 11.3. The highest BCUT2D eigenvalue weighted by Gasteiger charge is 2.26. The Bertz CT molecular complexity index is 1100. The molecule has 0 saturated heterocycles. The number of methoxy groups -OCH3 is 1. The summed E-state index contributed by atoms with van der Waals surface area (Å²) in [6.45, 7) is 1.68. The highest BCUT2D eigenvalue weighted by molar-refractivity contribution is 9.10. The molecule has 0 fully saturated rings. The van der Waals surface area contributed by atoms with Crippen molar-refractivity contribution in [1.29, 1.82) is 0 Å². The first-order valence-electron chi connectivity index (χ1n) is 7.16. The smallest absolute Gasteiger partial charge is 0.335 e. The van der Waals surface area contributed by atoms with E-state index in [4.69, 9.17) is 4.74 Å². The van der Waals surface area contributed by atoms with Crippen LogP contribution in [0.1, 0.15) is 5.69 Å². The minimum atomic E-state index is -4.21. The number of amides is 2. The Morgan fingerprint density at radius 3 is 2.77 bits per heavy atom. The number of urea groups is 1. The van der Waals surface area contributed by atoms with Crippen molar-refractivity contribution in [1.82, 2.24) is 24.1 Å². The molecule has 136 valence electrons. The molecule has 3 aromatic rings. The summed E-state index contributed by atoms with van der Waals surface area (Å²) >= 11 is 3.11. The number of imidazole rings is 1. The van der Waals surface area contributed by atoms with Crippen molar-refractivity contribution in [3.8, 4) is 5.88 Å². The van der Waals surface area contributed by atoms with Gasteiger partial charge in [0.25, 0.3) is 10.0 Å². The van der Waals surface area contributed by atoms with Crippen molar-refractivity contribution < 1.29 is 17.9 Å². The number of hydrogen-bond acceptors (Lipinski definition) is 7. The predicted molar refractivity (Wildman–Crippen MR) is 95.6 cm³/mol. The van der Waals surface area contributed by atoms with Gasteiger partial charge in [0.05, 0.1) is 7.11 Å². The number of carbonyl (C=O) groups is 1. The van der Waals surface area contributed by atoms with E-state index < -0.39 is 16.1 Å². The van der Waals surface area contributed by atoms with E-state index in [1.165, 1.54) is 17.7 Å². The van der Waals surface area contributed by atoms with Gasteiger partial charge in [0.1, 0.15) is 10.3 Å². The fourth-order valence-electron chi connectivity index (χ4n) is 2.18. The lowest BCUT2D eigenvalue weighted by molar-refractivity contribution is 0.256. The van der Waals surface area contributed by atoms with Gasteiger partial charge in [0.2, 0.25) is 11.8 Å². The molecular weight excluding hydrogens is 428 g/mol. The topological polar surface area (TPSA) is 128 Å². The van der Waals surface area contributed by atoms with Gasteiger partial charge in [-0.1, -0.05) is 6.07 Å². The Labute approximate surface area is 156 Å². The zero-order valence-corrected chi connectivity index (χ0v) is 16.0. The first-order valence-corrected chi connectivity index (χ1v) is 9.44. The van der Waals surface area contributed by atoms with Gasteiger partial charge < -0.3 is 4.74 Å². The fraction of sp³-hybridized carbons (Fsp3) is 0.143. The summed E-state index contributed by atoms with van der Waals surface area (Å²) < 4.78 is 33.5. The molecule has 0 bridgehead atoms. The summed E-state index contributed by atoms with van der Waals surface area (Å²) in [5, 5.41) is 2.06. The van der Waals surface area contributed by atoms with Crippen LogP contribution in [0.4, 0.5) is 10.7 Å². The maximum Gasteiger partial charge on any atom is 0.335 e. The fourth-order valence-corrected chi connectivity index (χ4v) is 4.27. The molecule has 2 amide bonds. The van der Waals surface area contributed by atoms with Crippen molar-refractivity contribution in [2.45, 2.75) is 11.9 Å². The van der Waals surface area contributed by atoms with Gasteiger partial charge in [-0.25, -0.2) is 19.5 Å². The van der Waals surface area contributed by atoms with Crippen LogP contribution in [0.25, 0.3) is 5.65 Å². The predicted octanol–water partition coefficient (Wildman–Crippen LogP) is 1.71. The number of nitrogens with zero attached hydrogens (tertiary/aromatic N) is 4. The maximum absolute atomic E-state index is 12.6. The van der Waals surface area contributed by atoms with Crippen LogP contribution < -0.4 is 14.8 Å². The van der Waals surface area contributed by atoms with E-state index >= 15 is 0 Å². The Balaban J connectivity index is 1.86. The zero-order valence-electron chi connectivity index (χ0n) is 13.6. The second-order valence-corrected chi connectivity index (χ2v) is 7.42. The summed E-state index contributed by atoms with van der Waals surface area (Å²) in [7, 11) is -2.80. The van der Waals surface area contributed by atoms with Gasteiger partial charge in [-0.15, -0.1) is 0 Å². The van der Waals surface area contributed by atoms with Crippen LogP contribution >= 0.6 is 15.9 Å². The number of aryl methyl sites for hydroxylation is 1. The van der Waals surface area contributed by atoms with Gasteiger partial charge in [-0.3, -0.25) is 9.72 Å². The molecule has 3 heterocycles. The molecule has 0 radical (unpaired) electrons. The lowest BCUT2D eigenvalue weighted by atomic mass is 10.4. The van der Waals surface area contributed by atoms with E-state index in [1.807, 2.05) is 4.72 Å². The van der Waals surface area contributed by atoms with Crippen LogP contribution in [-0.4, -0.2) is 40.9 Å². The Kier molecular flexibility index (Phi) is 4.78. The number of ether oxygens (including phenoxy) is 1. The highest BCUT2D eigenvalue weighted by atomic mass is 79.9. The Hall–Kier alpha value is -2.73. The standard InChI is InChI=1S/C14H13BrN6O4S/c1-8-7-10(25-2)18-13(16-8)19-14(22)20-26(23,24)12-11(15)17-9-5-3-4-6-21(9)12/h3-7H,1-2H3,(H2,16,18,19,20,22). The molecule has 26 heavy (non-hydrogen) atoms. The second kappa shape index (κ2) is 6.88. The third-order valence-corrected chi connectivity index (χ3v) is 5.36. The highest BCUT2D eigenvalue weighted by Crippen LogP contribution is 2.22. The van der Waals surface area contributed by atoms with Crippen LogP contribution in [0.15, 0.2) is 40.1 Å². The minimum absolute atomic E-state index is 0.0810. The van der Waals surface area contributed by atoms with Crippen LogP contribution in [-0.2, 0) is 10.0 Å². The van der Waals surface area contributed by atoms with Crippen LogP contribution in [0.5, 0.6) is 5.88 Å². The Morgan fingerprint density at radius 2 is 2.04 bits per heavy atom. The van der Waals surface area contributed by atoms with E-state index in [-0.39, 0.29) is 21.5 Å². The second-order valence-electron chi connectivity index (χ2n) is 5.07. The van der Waals surface area contributed by atoms with Gasteiger partial charge in [-0.2, -0.15) is 13.4 Å². The van der Waals surface area contributed by atoms with Gasteiger partial charge >= 0.3 is 6.03 Å². The third kappa shape index (κ3) is 3.60. The molecule has 3 rings (SSSR count). The van der Waals surface area contributed by atoms with E-state index in [0.29, 0.717) is 11.3 Å². The van der Waals surface area contributed by atoms with Crippen molar-refractivity contribution >= 4 is 43.6 Å². The molecule has 10 nitrogen and oxygen atoms in total. The number of sulfonamides is 1. The molecular formula is C14H13BrN6O4S. The number of pyridine rings is 1. The molecule has 0 aliphatic heterocycles. The van der Waals surface area contributed by atoms with Gasteiger partial charge in [0, 0.05) is 18.0 Å². The lowest BCUT2D eigenvalue weighted by Crippen LogP contribution is -2.35. The molecule has 0 aliphatic rings. The maximum atomic E-state index is 12.6. The minimum Gasteiger partial charge on any atom is -0.481 e. The van der Waals surface area contributed by atoms with Gasteiger partial charge in [0.15, 0.2) is 5.03 Å². The largest absolute Gasteiger partial charge is 0.481 e. The number of rotatable bonds is 4. The van der Waals surface area contributed by atoms with Crippen LogP contribution in [0.3, 0.4) is 0 Å². The Morgan fingerprint density at radius 1 is 1.27 bits per heavy atom. The number of anilines is 1. The molecule has 2 N–H and O–H groups in total. The van der Waals surface area contributed by atoms with Crippen LogP contribution in [0.2, 0.25) is 0 Å². The number of aromatic nitrogens is 4. The third-order valence-electron chi connectivity index (χ3n) is 3.19. The summed E-state index contributed by atoms with van der Waals surface area (Å²) in [5.74, 6) is 0.145. The van der Waals surface area contributed by atoms with Crippen molar-refractivity contribution in [2.24, 2.45) is 0 Å². The number of nitrogens with one attached hydrogen (secondary N) is 2.